The first-order chi connectivity index (χ1) is 16.0. The first-order valence-electron chi connectivity index (χ1n) is 11.0. The number of hydrogen-bond acceptors (Lipinski definition) is 7. The van der Waals surface area contributed by atoms with Gasteiger partial charge in [-0.25, -0.2) is 9.78 Å². The maximum Gasteiger partial charge on any atom is 0.414 e. The Kier molecular flexibility index (Phi) is 6.07. The van der Waals surface area contributed by atoms with Gasteiger partial charge in [0.25, 0.3) is 0 Å². The third-order valence-electron chi connectivity index (χ3n) is 6.25. The van der Waals surface area contributed by atoms with Gasteiger partial charge in [-0.1, -0.05) is 15.9 Å². The summed E-state index contributed by atoms with van der Waals surface area (Å²) in [6.45, 7) is 6.83. The molecule has 4 heterocycles. The van der Waals surface area contributed by atoms with Crippen LogP contribution in [0.4, 0.5) is 16.2 Å². The van der Waals surface area contributed by atoms with Gasteiger partial charge in [0.2, 0.25) is 5.88 Å². The predicted molar refractivity (Wildman–Crippen MR) is 131 cm³/mol. The first-order valence-corrected chi connectivity index (χ1v) is 11.8. The fourth-order valence-corrected chi connectivity index (χ4v) is 4.69. The Morgan fingerprint density at radius 2 is 1.97 bits per heavy atom. The summed E-state index contributed by atoms with van der Waals surface area (Å²) in [5, 5.41) is 0. The summed E-state index contributed by atoms with van der Waals surface area (Å²) in [6, 6.07) is 11.7. The monoisotopic (exact) mass is 511 g/mol. The number of fused-ring (bicyclic) bond motifs is 1. The Morgan fingerprint density at radius 1 is 1.15 bits per heavy atom. The number of halogens is 1. The second-order valence-corrected chi connectivity index (χ2v) is 9.24. The molecule has 3 aromatic rings. The number of ether oxygens (including phenoxy) is 2. The van der Waals surface area contributed by atoms with Crippen molar-refractivity contribution in [2.24, 2.45) is 0 Å². The summed E-state index contributed by atoms with van der Waals surface area (Å²) in [6.07, 6.45) is 1.42. The number of aryl methyl sites for hydroxylation is 1. The van der Waals surface area contributed by atoms with Crippen LogP contribution in [-0.4, -0.2) is 73.4 Å². The Morgan fingerprint density at radius 3 is 2.73 bits per heavy atom. The largest absolute Gasteiger partial charge is 0.481 e. The number of hydrogen-bond donors (Lipinski definition) is 0. The quantitative estimate of drug-likeness (QED) is 0.514. The molecule has 5 rings (SSSR count). The van der Waals surface area contributed by atoms with Gasteiger partial charge in [0.15, 0.2) is 0 Å². The number of aromatic nitrogens is 2. The zero-order valence-corrected chi connectivity index (χ0v) is 20.3. The number of benzene rings is 1. The second kappa shape index (κ2) is 9.15. The highest BCUT2D eigenvalue weighted by atomic mass is 79.9. The standard InChI is InChI=1S/C24H26BrN5O3/c1-16-13-17(3-4-19(16)25)30-15-18(33-24(30)31)14-28-9-11-29(12-10-28)21-7-8-26-20-5-6-22(32-2)27-23(20)21/h3-8,13,18H,9-12,14-15H2,1-2H3/t18-/m1/s1. The van der Waals surface area contributed by atoms with E-state index in [2.05, 4.69) is 35.7 Å². The van der Waals surface area contributed by atoms with Crippen molar-refractivity contribution in [1.82, 2.24) is 14.9 Å². The molecule has 2 aromatic heterocycles. The molecular weight excluding hydrogens is 486 g/mol. The molecule has 1 amide bonds. The van der Waals surface area contributed by atoms with Gasteiger partial charge in [0.1, 0.15) is 11.6 Å². The molecule has 172 valence electrons. The van der Waals surface area contributed by atoms with Crippen LogP contribution in [0.1, 0.15) is 5.56 Å². The predicted octanol–water partition coefficient (Wildman–Crippen LogP) is 3.86. The number of rotatable bonds is 5. The molecule has 1 aromatic carbocycles. The molecule has 33 heavy (non-hydrogen) atoms. The van der Waals surface area contributed by atoms with Gasteiger partial charge in [-0.15, -0.1) is 0 Å². The van der Waals surface area contributed by atoms with Crippen LogP contribution >= 0.6 is 15.9 Å². The van der Waals surface area contributed by atoms with Gasteiger partial charge in [0.05, 0.1) is 24.9 Å². The normalized spacial score (nSPS) is 19.2. The Bertz CT molecular complexity index is 1180. The van der Waals surface area contributed by atoms with Gasteiger partial charge >= 0.3 is 6.09 Å². The average molecular weight is 512 g/mol. The number of pyridine rings is 2. The third kappa shape index (κ3) is 4.47. The van der Waals surface area contributed by atoms with Crippen LogP contribution in [0.15, 0.2) is 47.1 Å². The van der Waals surface area contributed by atoms with Crippen LogP contribution in [-0.2, 0) is 4.74 Å². The number of piperazine rings is 1. The summed E-state index contributed by atoms with van der Waals surface area (Å²) < 4.78 is 12.0. The minimum Gasteiger partial charge on any atom is -0.481 e. The van der Waals surface area contributed by atoms with E-state index < -0.39 is 0 Å². The molecule has 0 radical (unpaired) electrons. The van der Waals surface area contributed by atoms with Crippen LogP contribution in [0, 0.1) is 6.92 Å². The number of methoxy groups -OCH3 is 1. The summed E-state index contributed by atoms with van der Waals surface area (Å²) >= 11 is 3.51. The van der Waals surface area contributed by atoms with E-state index >= 15 is 0 Å². The summed E-state index contributed by atoms with van der Waals surface area (Å²) in [7, 11) is 1.62. The molecule has 0 bridgehead atoms. The summed E-state index contributed by atoms with van der Waals surface area (Å²) in [4.78, 5) is 28.0. The van der Waals surface area contributed by atoms with Crippen molar-refractivity contribution in [2.45, 2.75) is 13.0 Å². The number of carbonyl (C=O) groups excluding carboxylic acids is 1. The number of nitrogens with zero attached hydrogens (tertiary/aromatic N) is 5. The highest BCUT2D eigenvalue weighted by Crippen LogP contribution is 2.28. The smallest absolute Gasteiger partial charge is 0.414 e. The molecule has 8 nitrogen and oxygen atoms in total. The lowest BCUT2D eigenvalue weighted by atomic mass is 10.2. The maximum absolute atomic E-state index is 12.5. The van der Waals surface area contributed by atoms with Crippen molar-refractivity contribution in [1.29, 1.82) is 0 Å². The van der Waals surface area contributed by atoms with Crippen molar-refractivity contribution in [3.8, 4) is 5.88 Å². The number of carbonyl (C=O) groups is 1. The summed E-state index contributed by atoms with van der Waals surface area (Å²) in [5.41, 5.74) is 4.76. The Labute approximate surface area is 201 Å². The molecule has 2 aliphatic heterocycles. The van der Waals surface area contributed by atoms with Crippen molar-refractivity contribution in [2.75, 3.05) is 56.2 Å². The molecule has 2 fully saturated rings. The van der Waals surface area contributed by atoms with E-state index in [1.165, 1.54) is 0 Å². The molecule has 0 unspecified atom stereocenters. The minimum atomic E-state index is -0.274. The maximum atomic E-state index is 12.5. The third-order valence-corrected chi connectivity index (χ3v) is 7.14. The minimum absolute atomic E-state index is 0.138. The highest BCUT2D eigenvalue weighted by Gasteiger charge is 2.34. The highest BCUT2D eigenvalue weighted by molar-refractivity contribution is 9.10. The molecule has 0 aliphatic carbocycles. The van der Waals surface area contributed by atoms with E-state index in [1.54, 1.807) is 12.0 Å². The van der Waals surface area contributed by atoms with Gasteiger partial charge in [-0.2, -0.15) is 0 Å². The van der Waals surface area contributed by atoms with Crippen molar-refractivity contribution in [3.05, 3.63) is 52.6 Å². The summed E-state index contributed by atoms with van der Waals surface area (Å²) in [5.74, 6) is 0.587. The van der Waals surface area contributed by atoms with Crippen molar-refractivity contribution >= 4 is 44.4 Å². The fraction of sp³-hybridized carbons (Fsp3) is 0.375. The van der Waals surface area contributed by atoms with E-state index in [-0.39, 0.29) is 12.2 Å². The molecule has 0 spiro atoms. The Hall–Kier alpha value is -2.91. The fourth-order valence-electron chi connectivity index (χ4n) is 4.45. The van der Waals surface area contributed by atoms with E-state index in [1.807, 2.05) is 49.5 Å². The number of amides is 1. The average Bonchev–Trinajstić information content (AvgIpc) is 3.20. The lowest BCUT2D eigenvalue weighted by Crippen LogP contribution is -2.49. The molecule has 1 atom stereocenters. The number of anilines is 2. The van der Waals surface area contributed by atoms with Crippen LogP contribution < -0.4 is 14.5 Å². The zero-order valence-electron chi connectivity index (χ0n) is 18.7. The molecule has 2 aliphatic rings. The lowest BCUT2D eigenvalue weighted by molar-refractivity contribution is 0.106. The lowest BCUT2D eigenvalue weighted by Gasteiger charge is -2.36. The van der Waals surface area contributed by atoms with Crippen molar-refractivity contribution in [3.63, 3.8) is 0 Å². The van der Waals surface area contributed by atoms with E-state index in [4.69, 9.17) is 9.47 Å². The Balaban J connectivity index is 1.21. The molecule has 0 saturated carbocycles. The van der Waals surface area contributed by atoms with Gasteiger partial charge in [-0.3, -0.25) is 14.8 Å². The zero-order chi connectivity index (χ0) is 22.9. The van der Waals surface area contributed by atoms with Crippen LogP contribution in [0.5, 0.6) is 5.88 Å². The van der Waals surface area contributed by atoms with E-state index in [9.17, 15) is 4.79 Å². The number of cyclic esters (lactones) is 1. The topological polar surface area (TPSA) is 71.0 Å². The van der Waals surface area contributed by atoms with Crippen LogP contribution in [0.2, 0.25) is 0 Å². The SMILES string of the molecule is COc1ccc2nccc(N3CCN(C[C@@H]4CN(c5ccc(Br)c(C)c5)C(=O)O4)CC3)c2n1. The molecule has 0 N–H and O–H groups in total. The van der Waals surface area contributed by atoms with Crippen LogP contribution in [0.25, 0.3) is 11.0 Å². The first kappa shape index (κ1) is 21.9. The van der Waals surface area contributed by atoms with Gasteiger partial charge in [-0.05, 0) is 42.8 Å². The van der Waals surface area contributed by atoms with Gasteiger partial charge < -0.3 is 14.4 Å². The van der Waals surface area contributed by atoms with Gasteiger partial charge in [0, 0.05) is 55.1 Å². The van der Waals surface area contributed by atoms with Crippen molar-refractivity contribution < 1.29 is 14.3 Å². The second-order valence-electron chi connectivity index (χ2n) is 8.39. The van der Waals surface area contributed by atoms with E-state index in [0.717, 1.165) is 65.2 Å². The van der Waals surface area contributed by atoms with Crippen LogP contribution in [0.3, 0.4) is 0 Å². The molecule has 9 heteroatoms. The van der Waals surface area contributed by atoms with E-state index in [0.29, 0.717) is 12.4 Å². The molecule has 2 saturated heterocycles. The molecular formula is C24H26BrN5O3.